The largest absolute Gasteiger partial charge is 0.455 e. The van der Waals surface area contributed by atoms with Crippen molar-refractivity contribution >= 4 is 11.5 Å². The van der Waals surface area contributed by atoms with Crippen molar-refractivity contribution in [3.05, 3.63) is 76.6 Å². The van der Waals surface area contributed by atoms with Gasteiger partial charge in [0.15, 0.2) is 23.3 Å². The molecule has 0 amide bonds. The molecule has 0 aliphatic rings. The Bertz CT molecular complexity index is 802. The first kappa shape index (κ1) is 18.6. The summed E-state index contributed by atoms with van der Waals surface area (Å²) in [6, 6.07) is 8.98. The second-order valence-corrected chi connectivity index (χ2v) is 5.27. The molecule has 0 aliphatic carbocycles. The third-order valence-electron chi connectivity index (χ3n) is 3.42. The van der Waals surface area contributed by atoms with Crippen LogP contribution in [-0.4, -0.2) is 12.1 Å². The van der Waals surface area contributed by atoms with Crippen molar-refractivity contribution in [2.75, 3.05) is 0 Å². The third-order valence-corrected chi connectivity index (χ3v) is 3.42. The van der Waals surface area contributed by atoms with Gasteiger partial charge in [0.2, 0.25) is 5.82 Å². The predicted octanol–water partition coefficient (Wildman–Crippen LogP) is 5.03. The predicted molar refractivity (Wildman–Crippen MR) is 81.2 cm³/mol. The van der Waals surface area contributed by atoms with Gasteiger partial charge in [0.1, 0.15) is 11.7 Å². The van der Waals surface area contributed by atoms with E-state index in [0.717, 1.165) is 5.56 Å². The van der Waals surface area contributed by atoms with Crippen molar-refractivity contribution in [3.63, 3.8) is 0 Å². The molecule has 0 unspecified atom stereocenters. The van der Waals surface area contributed by atoms with Gasteiger partial charge in [0.25, 0.3) is 0 Å². The van der Waals surface area contributed by atoms with E-state index in [-0.39, 0.29) is 0 Å². The van der Waals surface area contributed by atoms with Crippen LogP contribution >= 0.6 is 0 Å². The van der Waals surface area contributed by atoms with Gasteiger partial charge in [-0.3, -0.25) is 0 Å². The van der Waals surface area contributed by atoms with Crippen molar-refractivity contribution in [3.8, 4) is 0 Å². The van der Waals surface area contributed by atoms with Gasteiger partial charge in [-0.05, 0) is 31.1 Å². The highest BCUT2D eigenvalue weighted by molar-refractivity contribution is 5.90. The Morgan fingerprint density at radius 2 is 1.40 bits per heavy atom. The van der Waals surface area contributed by atoms with E-state index in [0.29, 0.717) is 5.57 Å². The first-order valence-corrected chi connectivity index (χ1v) is 7.20. The lowest BCUT2D eigenvalue weighted by molar-refractivity contribution is 0.0410. The fraction of sp³-hybridized carbons (Fsp3) is 0.167. The van der Waals surface area contributed by atoms with Crippen molar-refractivity contribution in [2.24, 2.45) is 0 Å². The Kier molecular flexibility index (Phi) is 5.56. The molecule has 1 atom stereocenters. The van der Waals surface area contributed by atoms with Crippen LogP contribution < -0.4 is 0 Å². The summed E-state index contributed by atoms with van der Waals surface area (Å²) >= 11 is 0. The van der Waals surface area contributed by atoms with Gasteiger partial charge in [-0.2, -0.15) is 0 Å². The van der Waals surface area contributed by atoms with E-state index in [1.807, 2.05) is 6.07 Å². The van der Waals surface area contributed by atoms with E-state index in [1.54, 1.807) is 31.2 Å². The summed E-state index contributed by atoms with van der Waals surface area (Å²) in [5.41, 5.74) is -0.0889. The summed E-state index contributed by atoms with van der Waals surface area (Å²) in [5, 5.41) is 0. The standard InChI is InChI=1S/C18H13F5O2/c1-9(11-6-4-3-5-7-11)8-10(2)25-18(24)12-13(19)15(21)17(23)16(22)14(12)20/h3-8,10H,1-2H3/b9-8+/t10-/m1/s1. The Morgan fingerprint density at radius 3 is 1.92 bits per heavy atom. The molecule has 7 heteroatoms. The van der Waals surface area contributed by atoms with Crippen molar-refractivity contribution in [1.82, 2.24) is 0 Å². The molecule has 2 nitrogen and oxygen atoms in total. The Labute approximate surface area is 140 Å². The van der Waals surface area contributed by atoms with Crippen LogP contribution in [0, 0.1) is 29.1 Å². The van der Waals surface area contributed by atoms with Gasteiger partial charge in [0, 0.05) is 0 Å². The van der Waals surface area contributed by atoms with Crippen LogP contribution in [0.25, 0.3) is 5.57 Å². The van der Waals surface area contributed by atoms with E-state index in [4.69, 9.17) is 4.74 Å². The summed E-state index contributed by atoms with van der Waals surface area (Å²) < 4.78 is 71.3. The summed E-state index contributed by atoms with van der Waals surface area (Å²) in [6.45, 7) is 3.12. The molecule has 0 heterocycles. The highest BCUT2D eigenvalue weighted by Gasteiger charge is 2.31. The lowest BCUT2D eigenvalue weighted by Gasteiger charge is -2.13. The minimum Gasteiger partial charge on any atom is -0.455 e. The molecule has 2 rings (SSSR count). The Balaban J connectivity index is 2.26. The van der Waals surface area contributed by atoms with Crippen LogP contribution in [0.5, 0.6) is 0 Å². The van der Waals surface area contributed by atoms with Gasteiger partial charge >= 0.3 is 5.97 Å². The quantitative estimate of drug-likeness (QED) is 0.332. The van der Waals surface area contributed by atoms with E-state index in [9.17, 15) is 26.7 Å². The number of halogens is 5. The first-order valence-electron chi connectivity index (χ1n) is 7.20. The van der Waals surface area contributed by atoms with Crippen LogP contribution in [0.4, 0.5) is 22.0 Å². The van der Waals surface area contributed by atoms with Crippen LogP contribution in [0.1, 0.15) is 29.8 Å². The second kappa shape index (κ2) is 7.46. The Morgan fingerprint density at radius 1 is 0.920 bits per heavy atom. The van der Waals surface area contributed by atoms with Gasteiger partial charge in [-0.25, -0.2) is 26.7 Å². The molecule has 0 saturated carbocycles. The summed E-state index contributed by atoms with van der Waals surface area (Å²) in [6.07, 6.45) is 0.530. The van der Waals surface area contributed by atoms with E-state index >= 15 is 0 Å². The van der Waals surface area contributed by atoms with Gasteiger partial charge in [-0.1, -0.05) is 30.3 Å². The summed E-state index contributed by atoms with van der Waals surface area (Å²) in [7, 11) is 0. The monoisotopic (exact) mass is 356 g/mol. The second-order valence-electron chi connectivity index (χ2n) is 5.27. The van der Waals surface area contributed by atoms with Crippen LogP contribution in [0.15, 0.2) is 36.4 Å². The van der Waals surface area contributed by atoms with Gasteiger partial charge in [-0.15, -0.1) is 0 Å². The molecule has 0 aromatic heterocycles. The van der Waals surface area contributed by atoms with E-state index < -0.39 is 46.7 Å². The number of allylic oxidation sites excluding steroid dienone is 1. The lowest BCUT2D eigenvalue weighted by Crippen LogP contribution is -2.19. The lowest BCUT2D eigenvalue weighted by atomic mass is 10.1. The fourth-order valence-corrected chi connectivity index (χ4v) is 2.20. The van der Waals surface area contributed by atoms with Crippen molar-refractivity contribution in [1.29, 1.82) is 0 Å². The highest BCUT2D eigenvalue weighted by atomic mass is 19.2. The molecule has 0 N–H and O–H groups in total. The van der Waals surface area contributed by atoms with E-state index in [2.05, 4.69) is 0 Å². The molecule has 0 saturated heterocycles. The first-order chi connectivity index (χ1) is 11.7. The molecule has 0 bridgehead atoms. The van der Waals surface area contributed by atoms with Crippen molar-refractivity contribution < 1.29 is 31.5 Å². The maximum Gasteiger partial charge on any atom is 0.344 e. The zero-order chi connectivity index (χ0) is 18.7. The average molecular weight is 356 g/mol. The number of benzene rings is 2. The number of carbonyl (C=O) groups excluding carboxylic acids is 1. The number of hydrogen-bond acceptors (Lipinski definition) is 2. The molecule has 132 valence electrons. The van der Waals surface area contributed by atoms with Crippen molar-refractivity contribution in [2.45, 2.75) is 20.0 Å². The molecule has 2 aromatic carbocycles. The number of carbonyl (C=O) groups is 1. The summed E-state index contributed by atoms with van der Waals surface area (Å²) in [5.74, 6) is -12.8. The van der Waals surface area contributed by atoms with Crippen LogP contribution in [0.3, 0.4) is 0 Å². The number of esters is 1. The molecular formula is C18H13F5O2. The minimum atomic E-state index is -2.33. The number of hydrogen-bond donors (Lipinski definition) is 0. The average Bonchev–Trinajstić information content (AvgIpc) is 2.59. The third kappa shape index (κ3) is 3.87. The normalized spacial score (nSPS) is 12.8. The van der Waals surface area contributed by atoms with Gasteiger partial charge < -0.3 is 4.74 Å². The van der Waals surface area contributed by atoms with Crippen LogP contribution in [0.2, 0.25) is 0 Å². The minimum absolute atomic E-state index is 0.707. The zero-order valence-corrected chi connectivity index (χ0v) is 13.2. The van der Waals surface area contributed by atoms with E-state index in [1.165, 1.54) is 13.0 Å². The molecule has 2 aromatic rings. The smallest absolute Gasteiger partial charge is 0.344 e. The highest BCUT2D eigenvalue weighted by Crippen LogP contribution is 2.24. The number of ether oxygens (including phenoxy) is 1. The molecule has 0 fully saturated rings. The van der Waals surface area contributed by atoms with Crippen LogP contribution in [-0.2, 0) is 4.74 Å². The number of rotatable bonds is 4. The SMILES string of the molecule is C/C(=C\[C@@H](C)OC(=O)c1c(F)c(F)c(F)c(F)c1F)c1ccccc1. The molecule has 0 aliphatic heterocycles. The molecule has 0 spiro atoms. The molecule has 0 radical (unpaired) electrons. The fourth-order valence-electron chi connectivity index (χ4n) is 2.20. The zero-order valence-electron chi connectivity index (χ0n) is 13.2. The molecule has 25 heavy (non-hydrogen) atoms. The Hall–Kier alpha value is -2.70. The summed E-state index contributed by atoms with van der Waals surface area (Å²) in [4.78, 5) is 11.8. The topological polar surface area (TPSA) is 26.3 Å². The molecular weight excluding hydrogens is 343 g/mol. The maximum atomic E-state index is 13.6. The van der Waals surface area contributed by atoms with Gasteiger partial charge in [0.05, 0.1) is 0 Å². The maximum absolute atomic E-state index is 13.6.